The van der Waals surface area contributed by atoms with E-state index in [-0.39, 0.29) is 0 Å². The minimum Gasteiger partial charge on any atom is -0.478 e. The molecule has 1 N–H and O–H groups in total. The highest BCUT2D eigenvalue weighted by Crippen LogP contribution is 2.17. The van der Waals surface area contributed by atoms with Crippen molar-refractivity contribution in [2.45, 2.75) is 13.8 Å². The van der Waals surface area contributed by atoms with Gasteiger partial charge in [0.2, 0.25) is 0 Å². The van der Waals surface area contributed by atoms with Crippen LogP contribution in [0.3, 0.4) is 0 Å². The molecule has 0 heterocycles. The number of aryl methyl sites for hydroxylation is 1. The highest BCUT2D eigenvalue weighted by molar-refractivity contribution is 5.89. The number of benzene rings is 1. The second-order valence-electron chi connectivity index (χ2n) is 3.31. The lowest BCUT2D eigenvalue weighted by Gasteiger charge is -2.03. The number of nitrogens with zero attached hydrogens (tertiary/aromatic N) is 1. The Bertz CT molecular complexity index is 467. The maximum absolute atomic E-state index is 10.5. The summed E-state index contributed by atoms with van der Waals surface area (Å²) in [6, 6.07) is 7.33. The summed E-state index contributed by atoms with van der Waals surface area (Å²) in [6.45, 7) is 3.56. The molecule has 0 saturated carbocycles. The molecule has 76 valence electrons. The second-order valence-corrected chi connectivity index (χ2v) is 3.31. The quantitative estimate of drug-likeness (QED) is 0.747. The Kier molecular flexibility index (Phi) is 3.25. The van der Waals surface area contributed by atoms with Gasteiger partial charge in [0.25, 0.3) is 0 Å². The van der Waals surface area contributed by atoms with E-state index in [1.54, 1.807) is 19.1 Å². The van der Waals surface area contributed by atoms with E-state index in [2.05, 4.69) is 6.07 Å². The lowest BCUT2D eigenvalue weighted by atomic mass is 10.0. The van der Waals surface area contributed by atoms with Crippen LogP contribution in [0.1, 0.15) is 23.6 Å². The normalized spacial score (nSPS) is 10.9. The summed E-state index contributed by atoms with van der Waals surface area (Å²) in [4.78, 5) is 10.5. The molecule has 0 fully saturated rings. The van der Waals surface area contributed by atoms with Crippen LogP contribution in [0.2, 0.25) is 0 Å². The van der Waals surface area contributed by atoms with Gasteiger partial charge >= 0.3 is 5.97 Å². The molecular weight excluding hydrogens is 190 g/mol. The van der Waals surface area contributed by atoms with E-state index in [0.29, 0.717) is 11.1 Å². The van der Waals surface area contributed by atoms with Crippen molar-refractivity contribution in [1.29, 1.82) is 5.26 Å². The van der Waals surface area contributed by atoms with E-state index < -0.39 is 5.97 Å². The van der Waals surface area contributed by atoms with Gasteiger partial charge < -0.3 is 5.11 Å². The molecule has 1 aromatic carbocycles. The number of carboxylic acids is 1. The predicted octanol–water partition coefficient (Wildman–Crippen LogP) is 2.35. The van der Waals surface area contributed by atoms with Gasteiger partial charge in [0.15, 0.2) is 0 Å². The zero-order valence-corrected chi connectivity index (χ0v) is 8.61. The molecule has 0 radical (unpaired) electrons. The highest BCUT2D eigenvalue weighted by atomic mass is 16.4. The van der Waals surface area contributed by atoms with Crippen LogP contribution in [-0.2, 0) is 4.79 Å². The smallest absolute Gasteiger partial charge is 0.328 e. The fourth-order valence-electron chi connectivity index (χ4n) is 1.30. The van der Waals surface area contributed by atoms with Gasteiger partial charge in [-0.15, -0.1) is 0 Å². The van der Waals surface area contributed by atoms with Crippen molar-refractivity contribution in [3.63, 3.8) is 0 Å². The van der Waals surface area contributed by atoms with Crippen molar-refractivity contribution < 1.29 is 9.90 Å². The molecule has 0 aliphatic heterocycles. The maximum Gasteiger partial charge on any atom is 0.328 e. The summed E-state index contributed by atoms with van der Waals surface area (Å²) in [7, 11) is 0. The molecular formula is C12H11NO2. The SMILES string of the molecule is CC(=CC(=O)O)c1ccc(C#N)c(C)c1. The first-order valence-electron chi connectivity index (χ1n) is 4.47. The van der Waals surface area contributed by atoms with Crippen LogP contribution in [0.15, 0.2) is 24.3 Å². The van der Waals surface area contributed by atoms with Gasteiger partial charge in [-0.2, -0.15) is 5.26 Å². The van der Waals surface area contributed by atoms with E-state index in [9.17, 15) is 4.79 Å². The first kappa shape index (κ1) is 11.0. The average Bonchev–Trinajstić information content (AvgIpc) is 2.16. The van der Waals surface area contributed by atoms with Crippen molar-refractivity contribution in [3.05, 3.63) is 41.0 Å². The Morgan fingerprint density at radius 1 is 1.53 bits per heavy atom. The second kappa shape index (κ2) is 4.43. The van der Waals surface area contributed by atoms with Crippen molar-refractivity contribution in [2.75, 3.05) is 0 Å². The van der Waals surface area contributed by atoms with Crippen LogP contribution in [0, 0.1) is 18.3 Å². The molecule has 0 unspecified atom stereocenters. The monoisotopic (exact) mass is 201 g/mol. The molecule has 1 aromatic rings. The van der Waals surface area contributed by atoms with Crippen LogP contribution in [0.25, 0.3) is 5.57 Å². The number of nitriles is 1. The fraction of sp³-hybridized carbons (Fsp3) is 0.167. The molecule has 15 heavy (non-hydrogen) atoms. The lowest BCUT2D eigenvalue weighted by molar-refractivity contribution is -0.131. The Morgan fingerprint density at radius 3 is 2.67 bits per heavy atom. The summed E-state index contributed by atoms with van der Waals surface area (Å²) in [5, 5.41) is 17.3. The van der Waals surface area contributed by atoms with Crippen molar-refractivity contribution in [1.82, 2.24) is 0 Å². The third kappa shape index (κ3) is 2.68. The zero-order valence-electron chi connectivity index (χ0n) is 8.61. The number of rotatable bonds is 2. The third-order valence-corrected chi connectivity index (χ3v) is 2.14. The summed E-state index contributed by atoms with van der Waals surface area (Å²) in [5.41, 5.74) is 2.97. The van der Waals surface area contributed by atoms with E-state index in [0.717, 1.165) is 17.2 Å². The summed E-state index contributed by atoms with van der Waals surface area (Å²) in [6.07, 6.45) is 1.15. The fourth-order valence-corrected chi connectivity index (χ4v) is 1.30. The minimum absolute atomic E-state index is 0.613. The van der Waals surface area contributed by atoms with E-state index in [4.69, 9.17) is 10.4 Å². The number of carbonyl (C=O) groups is 1. The highest BCUT2D eigenvalue weighted by Gasteiger charge is 2.02. The van der Waals surface area contributed by atoms with Gasteiger partial charge in [-0.1, -0.05) is 12.1 Å². The van der Waals surface area contributed by atoms with Crippen molar-refractivity contribution in [3.8, 4) is 6.07 Å². The Balaban J connectivity index is 3.14. The van der Waals surface area contributed by atoms with Gasteiger partial charge in [-0.25, -0.2) is 4.79 Å². The molecule has 1 rings (SSSR count). The van der Waals surface area contributed by atoms with E-state index in [1.165, 1.54) is 0 Å². The van der Waals surface area contributed by atoms with Crippen LogP contribution in [0.5, 0.6) is 0 Å². The number of carboxylic acid groups (broad SMARTS) is 1. The molecule has 0 saturated heterocycles. The van der Waals surface area contributed by atoms with Crippen molar-refractivity contribution >= 4 is 11.5 Å². The first-order valence-corrected chi connectivity index (χ1v) is 4.47. The summed E-state index contributed by atoms with van der Waals surface area (Å²) in [5.74, 6) is -0.963. The summed E-state index contributed by atoms with van der Waals surface area (Å²) >= 11 is 0. The Labute approximate surface area is 88.3 Å². The molecule has 0 spiro atoms. The Morgan fingerprint density at radius 2 is 2.20 bits per heavy atom. The van der Waals surface area contributed by atoms with Gasteiger partial charge in [0.05, 0.1) is 11.6 Å². The summed E-state index contributed by atoms with van der Waals surface area (Å²) < 4.78 is 0. The molecule has 3 nitrogen and oxygen atoms in total. The van der Waals surface area contributed by atoms with Gasteiger partial charge in [0, 0.05) is 6.08 Å². The minimum atomic E-state index is -0.963. The Hall–Kier alpha value is -2.08. The van der Waals surface area contributed by atoms with Crippen molar-refractivity contribution in [2.24, 2.45) is 0 Å². The molecule has 0 aliphatic carbocycles. The average molecular weight is 201 g/mol. The van der Waals surface area contributed by atoms with Gasteiger partial charge in [-0.05, 0) is 36.6 Å². The zero-order chi connectivity index (χ0) is 11.4. The number of hydrogen-bond donors (Lipinski definition) is 1. The van der Waals surface area contributed by atoms with E-state index >= 15 is 0 Å². The lowest BCUT2D eigenvalue weighted by Crippen LogP contribution is -1.91. The third-order valence-electron chi connectivity index (χ3n) is 2.14. The predicted molar refractivity (Wildman–Crippen MR) is 57.2 cm³/mol. The van der Waals surface area contributed by atoms with E-state index in [1.807, 2.05) is 13.0 Å². The van der Waals surface area contributed by atoms with Gasteiger partial charge in [0.1, 0.15) is 0 Å². The van der Waals surface area contributed by atoms with Crippen LogP contribution in [-0.4, -0.2) is 11.1 Å². The molecule has 3 heteroatoms. The number of aliphatic carboxylic acids is 1. The molecule has 0 aliphatic rings. The first-order chi connectivity index (χ1) is 7.04. The largest absolute Gasteiger partial charge is 0.478 e. The maximum atomic E-state index is 10.5. The molecule has 0 amide bonds. The molecule has 0 bridgehead atoms. The molecule has 0 atom stereocenters. The van der Waals surface area contributed by atoms with Gasteiger partial charge in [-0.3, -0.25) is 0 Å². The van der Waals surface area contributed by atoms with Crippen LogP contribution >= 0.6 is 0 Å². The van der Waals surface area contributed by atoms with Crippen LogP contribution < -0.4 is 0 Å². The topological polar surface area (TPSA) is 61.1 Å². The number of hydrogen-bond acceptors (Lipinski definition) is 2. The standard InChI is InChI=1S/C12H11NO2/c1-8-5-10(3-4-11(8)7-13)9(2)6-12(14)15/h3-6H,1-2H3,(H,14,15). The van der Waals surface area contributed by atoms with Crippen LogP contribution in [0.4, 0.5) is 0 Å². The number of allylic oxidation sites excluding steroid dienone is 1. The molecule has 0 aromatic heterocycles.